The maximum Gasteiger partial charge on any atom is 0.321 e. The Morgan fingerprint density at radius 3 is 2.36 bits per heavy atom. The number of likely N-dealkylation sites (N-methyl/N-ethyl adjacent to an activating group) is 1. The third-order valence-corrected chi connectivity index (χ3v) is 3.23. The van der Waals surface area contributed by atoms with Crippen molar-refractivity contribution in [1.29, 1.82) is 0 Å². The molecule has 1 rings (SSSR count). The molecule has 0 bridgehead atoms. The van der Waals surface area contributed by atoms with Crippen LogP contribution >= 0.6 is 0 Å². The van der Waals surface area contributed by atoms with Crippen LogP contribution in [0.5, 0.6) is 0 Å². The van der Waals surface area contributed by atoms with Gasteiger partial charge in [-0.25, -0.2) is 4.79 Å². The van der Waals surface area contributed by atoms with Crippen LogP contribution in [0.15, 0.2) is 30.3 Å². The monoisotopic (exact) mass is 307 g/mol. The van der Waals surface area contributed by atoms with Crippen LogP contribution in [-0.2, 0) is 9.53 Å². The van der Waals surface area contributed by atoms with Gasteiger partial charge in [-0.05, 0) is 26.2 Å². The smallest absolute Gasteiger partial charge is 0.321 e. The van der Waals surface area contributed by atoms with E-state index in [9.17, 15) is 9.59 Å². The molecular weight excluding hydrogens is 282 g/mol. The van der Waals surface area contributed by atoms with Crippen LogP contribution in [0.1, 0.15) is 6.92 Å². The standard InChI is InChI=1S/C16H25N3O3/c1-13(15(20)22-4)12-19(11-10-18(2)3)16(21)17-14-8-6-5-7-9-14/h5-9,13H,10-12H2,1-4H3,(H,17,21). The Bertz CT molecular complexity index is 477. The molecule has 1 aromatic carbocycles. The largest absolute Gasteiger partial charge is 0.469 e. The number of carbonyl (C=O) groups excluding carboxylic acids is 2. The number of esters is 1. The molecule has 122 valence electrons. The third-order valence-electron chi connectivity index (χ3n) is 3.23. The molecule has 6 nitrogen and oxygen atoms in total. The molecule has 22 heavy (non-hydrogen) atoms. The fourth-order valence-corrected chi connectivity index (χ4v) is 1.93. The summed E-state index contributed by atoms with van der Waals surface area (Å²) >= 11 is 0. The molecule has 1 atom stereocenters. The van der Waals surface area contributed by atoms with E-state index in [1.54, 1.807) is 11.8 Å². The minimum absolute atomic E-state index is 0.219. The van der Waals surface area contributed by atoms with Gasteiger partial charge >= 0.3 is 12.0 Å². The Morgan fingerprint density at radius 2 is 1.82 bits per heavy atom. The van der Waals surface area contributed by atoms with Crippen LogP contribution in [0.3, 0.4) is 0 Å². The number of nitrogens with zero attached hydrogens (tertiary/aromatic N) is 2. The summed E-state index contributed by atoms with van der Waals surface area (Å²) in [6, 6.07) is 9.04. The molecule has 0 heterocycles. The van der Waals surface area contributed by atoms with E-state index >= 15 is 0 Å². The number of urea groups is 1. The minimum atomic E-state index is -0.367. The molecule has 2 amide bonds. The lowest BCUT2D eigenvalue weighted by Crippen LogP contribution is -2.43. The van der Waals surface area contributed by atoms with Crippen molar-refractivity contribution in [2.75, 3.05) is 46.2 Å². The lowest BCUT2D eigenvalue weighted by molar-refractivity contribution is -0.145. The maximum absolute atomic E-state index is 12.4. The van der Waals surface area contributed by atoms with Crippen molar-refractivity contribution in [1.82, 2.24) is 9.80 Å². The number of carbonyl (C=O) groups is 2. The van der Waals surface area contributed by atoms with Gasteiger partial charge in [-0.15, -0.1) is 0 Å². The highest BCUT2D eigenvalue weighted by atomic mass is 16.5. The zero-order valence-electron chi connectivity index (χ0n) is 13.7. The third kappa shape index (κ3) is 6.13. The van der Waals surface area contributed by atoms with E-state index < -0.39 is 0 Å². The second-order valence-electron chi connectivity index (χ2n) is 5.47. The molecule has 0 fully saturated rings. The molecule has 1 aromatic rings. The molecule has 0 spiro atoms. The van der Waals surface area contributed by atoms with Crippen molar-refractivity contribution >= 4 is 17.7 Å². The highest BCUT2D eigenvalue weighted by Gasteiger charge is 2.21. The second-order valence-corrected chi connectivity index (χ2v) is 5.47. The van der Waals surface area contributed by atoms with E-state index in [2.05, 4.69) is 5.32 Å². The number of nitrogens with one attached hydrogen (secondary N) is 1. The topological polar surface area (TPSA) is 61.9 Å². The van der Waals surface area contributed by atoms with Crippen LogP contribution in [-0.4, -0.2) is 62.6 Å². The van der Waals surface area contributed by atoms with Crippen molar-refractivity contribution in [2.24, 2.45) is 5.92 Å². The van der Waals surface area contributed by atoms with Gasteiger partial charge in [-0.1, -0.05) is 25.1 Å². The normalized spacial score (nSPS) is 11.9. The number of anilines is 1. The Labute approximate surface area is 132 Å². The fraction of sp³-hybridized carbons (Fsp3) is 0.500. The SMILES string of the molecule is COC(=O)C(C)CN(CCN(C)C)C(=O)Nc1ccccc1. The van der Waals surface area contributed by atoms with Gasteiger partial charge in [-0.2, -0.15) is 0 Å². The first-order chi connectivity index (χ1) is 10.4. The summed E-state index contributed by atoms with van der Waals surface area (Å²) in [7, 11) is 5.24. The molecule has 0 aliphatic carbocycles. The average molecular weight is 307 g/mol. The van der Waals surface area contributed by atoms with E-state index in [-0.39, 0.29) is 17.9 Å². The van der Waals surface area contributed by atoms with Crippen LogP contribution in [0.4, 0.5) is 10.5 Å². The number of para-hydroxylation sites is 1. The predicted molar refractivity (Wildman–Crippen MR) is 86.8 cm³/mol. The molecule has 1 unspecified atom stereocenters. The number of ether oxygens (including phenoxy) is 1. The summed E-state index contributed by atoms with van der Waals surface area (Å²) in [6.07, 6.45) is 0. The Balaban J connectivity index is 2.71. The summed E-state index contributed by atoms with van der Waals surface area (Å²) in [5.41, 5.74) is 0.730. The summed E-state index contributed by atoms with van der Waals surface area (Å²) in [4.78, 5) is 27.6. The quantitative estimate of drug-likeness (QED) is 0.782. The Morgan fingerprint density at radius 1 is 1.18 bits per heavy atom. The number of methoxy groups -OCH3 is 1. The van der Waals surface area contributed by atoms with Gasteiger partial charge in [0.15, 0.2) is 0 Å². The van der Waals surface area contributed by atoms with Gasteiger partial charge in [0.25, 0.3) is 0 Å². The van der Waals surface area contributed by atoms with Crippen molar-refractivity contribution < 1.29 is 14.3 Å². The molecular formula is C16H25N3O3. The van der Waals surface area contributed by atoms with Crippen molar-refractivity contribution in [2.45, 2.75) is 6.92 Å². The first-order valence-electron chi connectivity index (χ1n) is 7.27. The number of benzene rings is 1. The summed E-state index contributed by atoms with van der Waals surface area (Å²) in [5, 5.41) is 2.84. The van der Waals surface area contributed by atoms with E-state index in [4.69, 9.17) is 4.74 Å². The van der Waals surface area contributed by atoms with Crippen molar-refractivity contribution in [3.8, 4) is 0 Å². The Hall–Kier alpha value is -2.08. The molecule has 0 saturated heterocycles. The molecule has 0 aromatic heterocycles. The van der Waals surface area contributed by atoms with E-state index in [1.807, 2.05) is 49.3 Å². The summed E-state index contributed by atoms with van der Waals surface area (Å²) in [5.74, 6) is -0.684. The van der Waals surface area contributed by atoms with Gasteiger partial charge in [0.05, 0.1) is 13.0 Å². The number of amides is 2. The average Bonchev–Trinajstić information content (AvgIpc) is 2.50. The molecule has 0 aliphatic heterocycles. The number of rotatable bonds is 7. The first kappa shape index (κ1) is 18.0. The van der Waals surface area contributed by atoms with Crippen molar-refractivity contribution in [3.63, 3.8) is 0 Å². The van der Waals surface area contributed by atoms with Crippen LogP contribution in [0.25, 0.3) is 0 Å². The van der Waals surface area contributed by atoms with E-state index in [1.165, 1.54) is 7.11 Å². The molecule has 6 heteroatoms. The van der Waals surface area contributed by atoms with Gasteiger partial charge in [-0.3, -0.25) is 4.79 Å². The van der Waals surface area contributed by atoms with Crippen molar-refractivity contribution in [3.05, 3.63) is 30.3 Å². The molecule has 0 aliphatic rings. The molecule has 0 radical (unpaired) electrons. The number of hydrogen-bond donors (Lipinski definition) is 1. The molecule has 0 saturated carbocycles. The lowest BCUT2D eigenvalue weighted by Gasteiger charge is -2.26. The molecule has 1 N–H and O–H groups in total. The summed E-state index contributed by atoms with van der Waals surface area (Å²) < 4.78 is 4.73. The van der Waals surface area contributed by atoms with Crippen LogP contribution < -0.4 is 5.32 Å². The van der Waals surface area contributed by atoms with E-state index in [0.29, 0.717) is 13.1 Å². The highest BCUT2D eigenvalue weighted by molar-refractivity contribution is 5.89. The maximum atomic E-state index is 12.4. The predicted octanol–water partition coefficient (Wildman–Crippen LogP) is 1.89. The first-order valence-corrected chi connectivity index (χ1v) is 7.27. The summed E-state index contributed by atoms with van der Waals surface area (Å²) in [6.45, 7) is 3.33. The van der Waals surface area contributed by atoms with Gasteiger partial charge in [0.1, 0.15) is 0 Å². The van der Waals surface area contributed by atoms with Gasteiger partial charge in [0.2, 0.25) is 0 Å². The van der Waals surface area contributed by atoms with Crippen LogP contribution in [0.2, 0.25) is 0 Å². The van der Waals surface area contributed by atoms with Crippen LogP contribution in [0, 0.1) is 5.92 Å². The van der Waals surface area contributed by atoms with Gasteiger partial charge in [0, 0.05) is 25.3 Å². The second kappa shape index (κ2) is 9.04. The number of hydrogen-bond acceptors (Lipinski definition) is 4. The van der Waals surface area contributed by atoms with E-state index in [0.717, 1.165) is 12.2 Å². The minimum Gasteiger partial charge on any atom is -0.469 e. The fourth-order valence-electron chi connectivity index (χ4n) is 1.93. The Kier molecular flexibility index (Phi) is 7.39. The zero-order valence-corrected chi connectivity index (χ0v) is 13.7. The van der Waals surface area contributed by atoms with Gasteiger partial charge < -0.3 is 19.9 Å². The highest BCUT2D eigenvalue weighted by Crippen LogP contribution is 2.09. The lowest BCUT2D eigenvalue weighted by atomic mass is 10.1. The zero-order chi connectivity index (χ0) is 16.5.